The van der Waals surface area contributed by atoms with Gasteiger partial charge in [-0.2, -0.15) is 0 Å². The third kappa shape index (κ3) is 4.34. The number of phenolic OH excluding ortho intramolecular Hbond substituents is 1. The summed E-state index contributed by atoms with van der Waals surface area (Å²) in [7, 11) is 1.22. The quantitative estimate of drug-likeness (QED) is 0.498. The van der Waals surface area contributed by atoms with Gasteiger partial charge in [-0.25, -0.2) is 17.6 Å². The molecule has 0 aliphatic heterocycles. The molecule has 0 aliphatic rings. The van der Waals surface area contributed by atoms with Crippen LogP contribution in [0, 0.1) is 23.3 Å². The van der Waals surface area contributed by atoms with Gasteiger partial charge < -0.3 is 9.84 Å². The maximum Gasteiger partial charge on any atom is 0.191 e. The summed E-state index contributed by atoms with van der Waals surface area (Å²) in [6.07, 6.45) is 0. The van der Waals surface area contributed by atoms with Gasteiger partial charge in [0.25, 0.3) is 0 Å². The largest absolute Gasteiger partial charge is 0.503 e. The van der Waals surface area contributed by atoms with Crippen LogP contribution >= 0.6 is 31.9 Å². The lowest BCUT2D eigenvalue weighted by molar-refractivity contribution is 0.358. The van der Waals surface area contributed by atoms with Gasteiger partial charge in [-0.1, -0.05) is 0 Å². The average Bonchev–Trinajstić information content (AvgIpc) is 2.46. The molecule has 21 heavy (non-hydrogen) atoms. The lowest BCUT2D eigenvalue weighted by Crippen LogP contribution is -1.92. The fourth-order valence-corrected chi connectivity index (χ4v) is 1.84. The fraction of sp³-hybridized carbons (Fsp3) is 0.0769. The maximum atomic E-state index is 12.9. The molecule has 0 heterocycles. The number of rotatable bonds is 1. The SMILES string of the molecule is COc1c(F)ccc(Br)c1F.Oc1c(F)ccc(Br)c1F. The Morgan fingerprint density at radius 3 is 1.76 bits per heavy atom. The third-order valence-electron chi connectivity index (χ3n) is 2.23. The number of ether oxygens (including phenoxy) is 1. The van der Waals surface area contributed by atoms with Gasteiger partial charge in [-0.05, 0) is 56.1 Å². The molecule has 2 aromatic carbocycles. The second-order valence-electron chi connectivity index (χ2n) is 3.57. The van der Waals surface area contributed by atoms with Crippen LogP contribution in [-0.4, -0.2) is 12.2 Å². The van der Waals surface area contributed by atoms with E-state index in [0.717, 1.165) is 12.1 Å². The molecular weight excluding hydrogens is 424 g/mol. The second-order valence-corrected chi connectivity index (χ2v) is 5.28. The van der Waals surface area contributed by atoms with E-state index in [4.69, 9.17) is 5.11 Å². The highest BCUT2D eigenvalue weighted by Gasteiger charge is 2.11. The van der Waals surface area contributed by atoms with Crippen LogP contribution in [0.3, 0.4) is 0 Å². The highest BCUT2D eigenvalue weighted by molar-refractivity contribution is 9.10. The highest BCUT2D eigenvalue weighted by Crippen LogP contribution is 2.27. The van der Waals surface area contributed by atoms with Crippen LogP contribution < -0.4 is 4.74 Å². The number of methoxy groups -OCH3 is 1. The Kier molecular flexibility index (Phi) is 6.47. The fourth-order valence-electron chi connectivity index (χ4n) is 1.21. The van der Waals surface area contributed by atoms with E-state index in [1.54, 1.807) is 0 Å². The van der Waals surface area contributed by atoms with Crippen molar-refractivity contribution in [1.29, 1.82) is 0 Å². The van der Waals surface area contributed by atoms with Crippen LogP contribution in [0.5, 0.6) is 11.5 Å². The zero-order valence-electron chi connectivity index (χ0n) is 10.4. The van der Waals surface area contributed by atoms with E-state index in [1.807, 2.05) is 0 Å². The Bertz CT molecular complexity index is 624. The van der Waals surface area contributed by atoms with Crippen molar-refractivity contribution in [2.24, 2.45) is 0 Å². The van der Waals surface area contributed by atoms with Gasteiger partial charge in [0, 0.05) is 0 Å². The molecule has 0 amide bonds. The molecule has 0 bridgehead atoms. The molecule has 0 unspecified atom stereocenters. The van der Waals surface area contributed by atoms with Crippen molar-refractivity contribution in [3.8, 4) is 11.5 Å². The van der Waals surface area contributed by atoms with Crippen molar-refractivity contribution in [3.05, 3.63) is 56.5 Å². The highest BCUT2D eigenvalue weighted by atomic mass is 79.9. The number of benzene rings is 2. The molecule has 0 saturated heterocycles. The minimum Gasteiger partial charge on any atom is -0.503 e. The van der Waals surface area contributed by atoms with Crippen LogP contribution in [0.4, 0.5) is 17.6 Å². The van der Waals surface area contributed by atoms with Gasteiger partial charge in [0.1, 0.15) is 0 Å². The second kappa shape index (κ2) is 7.65. The molecule has 0 spiro atoms. The molecule has 0 atom stereocenters. The van der Waals surface area contributed by atoms with Gasteiger partial charge in [-0.3, -0.25) is 0 Å². The number of aromatic hydroxyl groups is 1. The molecule has 1 N–H and O–H groups in total. The molecule has 2 nitrogen and oxygen atoms in total. The Hall–Kier alpha value is -1.28. The molecule has 114 valence electrons. The first-order valence-electron chi connectivity index (χ1n) is 5.29. The van der Waals surface area contributed by atoms with Gasteiger partial charge >= 0.3 is 0 Å². The maximum absolute atomic E-state index is 12.9. The molecule has 2 aromatic rings. The van der Waals surface area contributed by atoms with E-state index in [1.165, 1.54) is 19.2 Å². The summed E-state index contributed by atoms with van der Waals surface area (Å²) < 4.78 is 54.9. The van der Waals surface area contributed by atoms with Crippen LogP contribution in [0.25, 0.3) is 0 Å². The Morgan fingerprint density at radius 2 is 1.33 bits per heavy atom. The summed E-state index contributed by atoms with van der Waals surface area (Å²) in [5, 5.41) is 8.61. The summed E-state index contributed by atoms with van der Waals surface area (Å²) in [5.41, 5.74) is 0. The smallest absolute Gasteiger partial charge is 0.191 e. The summed E-state index contributed by atoms with van der Waals surface area (Å²) in [5.74, 6) is -4.66. The number of hydrogen-bond donors (Lipinski definition) is 1. The topological polar surface area (TPSA) is 29.5 Å². The van der Waals surface area contributed by atoms with Crippen molar-refractivity contribution in [3.63, 3.8) is 0 Å². The van der Waals surface area contributed by atoms with Crippen LogP contribution in [-0.2, 0) is 0 Å². The number of halogens is 6. The summed E-state index contributed by atoms with van der Waals surface area (Å²) >= 11 is 5.68. The minimum absolute atomic E-state index is 0.0476. The third-order valence-corrected chi connectivity index (χ3v) is 3.45. The Balaban J connectivity index is 0.000000211. The van der Waals surface area contributed by atoms with Crippen LogP contribution in [0.1, 0.15) is 0 Å². The minimum atomic E-state index is -0.972. The average molecular weight is 432 g/mol. The van der Waals surface area contributed by atoms with E-state index in [2.05, 4.69) is 36.6 Å². The van der Waals surface area contributed by atoms with Crippen LogP contribution in [0.2, 0.25) is 0 Å². The predicted octanol–water partition coefficient (Wildman–Crippen LogP) is 5.17. The molecule has 8 heteroatoms. The van der Waals surface area contributed by atoms with Gasteiger partial charge in [0.15, 0.2) is 34.8 Å². The van der Waals surface area contributed by atoms with Crippen molar-refractivity contribution in [1.82, 2.24) is 0 Å². The molecule has 0 aromatic heterocycles. The Labute approximate surface area is 134 Å². The van der Waals surface area contributed by atoms with E-state index < -0.39 is 29.0 Å². The molecular formula is C13H8Br2F4O2. The summed E-state index contributed by atoms with van der Waals surface area (Å²) in [6.45, 7) is 0. The van der Waals surface area contributed by atoms with E-state index in [0.29, 0.717) is 0 Å². The lowest BCUT2D eigenvalue weighted by Gasteiger charge is -2.03. The standard InChI is InChI=1S/C7H5BrF2O.C6H3BrF2O/c1-11-7-5(9)3-2-4(8)6(7)10;7-3-1-2-4(8)6(10)5(3)9/h2-3H,1H3;1-2,10H. The molecule has 0 aliphatic carbocycles. The van der Waals surface area contributed by atoms with Gasteiger partial charge in [0.2, 0.25) is 0 Å². The summed E-state index contributed by atoms with van der Waals surface area (Å²) in [6, 6.07) is 4.58. The number of phenols is 1. The Morgan fingerprint density at radius 1 is 0.857 bits per heavy atom. The van der Waals surface area contributed by atoms with E-state index >= 15 is 0 Å². The predicted molar refractivity (Wildman–Crippen MR) is 76.3 cm³/mol. The zero-order chi connectivity index (χ0) is 16.2. The van der Waals surface area contributed by atoms with Crippen molar-refractivity contribution in [2.45, 2.75) is 0 Å². The summed E-state index contributed by atoms with van der Waals surface area (Å²) in [4.78, 5) is 0. The first-order valence-corrected chi connectivity index (χ1v) is 6.88. The number of hydrogen-bond acceptors (Lipinski definition) is 2. The normalized spacial score (nSPS) is 9.86. The molecule has 0 radical (unpaired) electrons. The van der Waals surface area contributed by atoms with Crippen molar-refractivity contribution < 1.29 is 27.4 Å². The van der Waals surface area contributed by atoms with E-state index in [-0.39, 0.29) is 14.7 Å². The van der Waals surface area contributed by atoms with Gasteiger partial charge in [0.05, 0.1) is 16.1 Å². The monoisotopic (exact) mass is 430 g/mol. The first-order chi connectivity index (χ1) is 9.79. The zero-order valence-corrected chi connectivity index (χ0v) is 13.6. The van der Waals surface area contributed by atoms with Crippen molar-refractivity contribution >= 4 is 31.9 Å². The molecule has 2 rings (SSSR count). The van der Waals surface area contributed by atoms with Crippen LogP contribution in [0.15, 0.2) is 33.2 Å². The lowest BCUT2D eigenvalue weighted by atomic mass is 10.3. The van der Waals surface area contributed by atoms with E-state index in [9.17, 15) is 17.6 Å². The molecule has 0 saturated carbocycles. The van der Waals surface area contributed by atoms with Gasteiger partial charge in [-0.15, -0.1) is 0 Å². The first kappa shape index (κ1) is 17.8. The van der Waals surface area contributed by atoms with Crippen molar-refractivity contribution in [2.75, 3.05) is 7.11 Å². The molecule has 0 fully saturated rings.